The molecule has 38 heavy (non-hydrogen) atoms. The summed E-state index contributed by atoms with van der Waals surface area (Å²) in [7, 11) is 0. The van der Waals surface area contributed by atoms with Gasteiger partial charge in [0.15, 0.2) is 0 Å². The van der Waals surface area contributed by atoms with Crippen molar-refractivity contribution in [3.8, 4) is 0 Å². The number of nitrogens with zero attached hydrogens (tertiary/aromatic N) is 8. The molecule has 0 amide bonds. The van der Waals surface area contributed by atoms with Crippen molar-refractivity contribution in [1.29, 1.82) is 0 Å². The monoisotopic (exact) mass is 504 g/mol. The van der Waals surface area contributed by atoms with Crippen LogP contribution in [0.3, 0.4) is 0 Å². The average Bonchev–Trinajstić information content (AvgIpc) is 3.60. The highest BCUT2D eigenvalue weighted by atomic mass is 15.3. The van der Waals surface area contributed by atoms with Crippen LogP contribution in [0.25, 0.3) is 50.4 Å². The summed E-state index contributed by atoms with van der Waals surface area (Å²) in [6, 6.07) is 19.5. The van der Waals surface area contributed by atoms with E-state index >= 15 is 0 Å². The first-order valence-corrected chi connectivity index (χ1v) is 13.6. The van der Waals surface area contributed by atoms with Crippen molar-refractivity contribution >= 4 is 61.8 Å². The van der Waals surface area contributed by atoms with Crippen LogP contribution in [0.5, 0.6) is 0 Å². The zero-order valence-electron chi connectivity index (χ0n) is 22.6. The van der Waals surface area contributed by atoms with E-state index in [0.717, 1.165) is 76.6 Å². The van der Waals surface area contributed by atoms with Crippen molar-refractivity contribution in [2.24, 2.45) is 0 Å². The van der Waals surface area contributed by atoms with Gasteiger partial charge in [-0.05, 0) is 88.7 Å². The van der Waals surface area contributed by atoms with Crippen molar-refractivity contribution in [2.75, 3.05) is 36.0 Å². The summed E-state index contributed by atoms with van der Waals surface area (Å²) >= 11 is 0. The fraction of sp³-hybridized carbons (Fsp3) is 0.300. The quantitative estimate of drug-likeness (QED) is 0.274. The smallest absolute Gasteiger partial charge is 0.225 e. The molecule has 4 heterocycles. The van der Waals surface area contributed by atoms with E-state index in [-0.39, 0.29) is 0 Å². The summed E-state index contributed by atoms with van der Waals surface area (Å²) in [6.07, 6.45) is 0. The molecule has 3 aromatic carbocycles. The molecule has 0 aliphatic heterocycles. The largest absolute Gasteiger partial charge is 0.372 e. The standard InChI is InChI=1S/C30H32N8/c1-6-34(7-2)20-11-14-23-26(17-20)38-29(32-23)36-25-16-19(5)10-13-22(25)31-28(36)37-27-18-21(35(8-3)9-4)12-15-24(27)33-30(37)38/h10-18H,6-9H2,1-5H3. The molecule has 0 bridgehead atoms. The van der Waals surface area contributed by atoms with E-state index in [1.54, 1.807) is 0 Å². The Morgan fingerprint density at radius 2 is 0.895 bits per heavy atom. The number of anilines is 2. The van der Waals surface area contributed by atoms with Crippen LogP contribution in [0.15, 0.2) is 54.6 Å². The number of imidazole rings is 3. The molecule has 7 rings (SSSR count). The second-order valence-electron chi connectivity index (χ2n) is 9.92. The van der Waals surface area contributed by atoms with Gasteiger partial charge in [-0.3, -0.25) is 0 Å². The van der Waals surface area contributed by atoms with E-state index in [9.17, 15) is 0 Å². The molecule has 0 N–H and O–H groups in total. The van der Waals surface area contributed by atoms with Gasteiger partial charge in [0.1, 0.15) is 0 Å². The molecule has 4 aromatic heterocycles. The number of hydrogen-bond acceptors (Lipinski definition) is 5. The lowest BCUT2D eigenvalue weighted by atomic mass is 10.2. The number of aromatic nitrogens is 6. The molecule has 0 saturated heterocycles. The summed E-state index contributed by atoms with van der Waals surface area (Å²) in [5, 5.41) is 0. The Bertz CT molecular complexity index is 1950. The molecular weight excluding hydrogens is 472 g/mol. The maximum absolute atomic E-state index is 5.17. The van der Waals surface area contributed by atoms with Crippen LogP contribution in [0, 0.1) is 6.92 Å². The first-order valence-electron chi connectivity index (χ1n) is 13.6. The van der Waals surface area contributed by atoms with E-state index in [2.05, 4.69) is 112 Å². The Hall–Kier alpha value is -4.33. The fourth-order valence-corrected chi connectivity index (χ4v) is 5.89. The summed E-state index contributed by atoms with van der Waals surface area (Å²) in [4.78, 5) is 20.2. The van der Waals surface area contributed by atoms with Crippen molar-refractivity contribution in [2.45, 2.75) is 34.6 Å². The molecule has 0 saturated carbocycles. The second-order valence-corrected chi connectivity index (χ2v) is 9.92. The molecule has 8 nitrogen and oxygen atoms in total. The molecule has 192 valence electrons. The molecule has 0 unspecified atom stereocenters. The lowest BCUT2D eigenvalue weighted by Gasteiger charge is -2.21. The molecule has 0 aliphatic carbocycles. The third-order valence-corrected chi connectivity index (χ3v) is 7.89. The zero-order chi connectivity index (χ0) is 26.1. The van der Waals surface area contributed by atoms with Gasteiger partial charge in [-0.1, -0.05) is 6.07 Å². The predicted octanol–water partition coefficient (Wildman–Crippen LogP) is 6.09. The Labute approximate surface area is 220 Å². The van der Waals surface area contributed by atoms with Gasteiger partial charge in [0.05, 0.1) is 33.1 Å². The van der Waals surface area contributed by atoms with Crippen LogP contribution in [-0.4, -0.2) is 54.3 Å². The molecule has 7 aromatic rings. The van der Waals surface area contributed by atoms with E-state index < -0.39 is 0 Å². The van der Waals surface area contributed by atoms with Crippen LogP contribution in [0.4, 0.5) is 11.4 Å². The number of aryl methyl sites for hydroxylation is 1. The third kappa shape index (κ3) is 3.06. The van der Waals surface area contributed by atoms with E-state index in [4.69, 9.17) is 15.0 Å². The molecular formula is C30H32N8. The van der Waals surface area contributed by atoms with Gasteiger partial charge < -0.3 is 9.80 Å². The highest BCUT2D eigenvalue weighted by molar-refractivity contribution is 5.93. The second kappa shape index (κ2) is 8.34. The van der Waals surface area contributed by atoms with Crippen LogP contribution < -0.4 is 9.80 Å². The Kier molecular flexibility index (Phi) is 5.01. The summed E-state index contributed by atoms with van der Waals surface area (Å²) in [5.41, 5.74) is 9.55. The number of rotatable bonds is 6. The minimum atomic E-state index is 0.824. The van der Waals surface area contributed by atoms with Gasteiger partial charge in [-0.15, -0.1) is 0 Å². The number of benzene rings is 3. The Morgan fingerprint density at radius 3 is 1.29 bits per heavy atom. The lowest BCUT2D eigenvalue weighted by molar-refractivity contribution is 0.867. The maximum Gasteiger partial charge on any atom is 0.225 e. The number of fused-ring (bicyclic) bond motifs is 12. The van der Waals surface area contributed by atoms with Gasteiger partial charge in [-0.2, -0.15) is 0 Å². The van der Waals surface area contributed by atoms with Gasteiger partial charge in [0.25, 0.3) is 0 Å². The first kappa shape index (κ1) is 22.8. The van der Waals surface area contributed by atoms with Crippen molar-refractivity contribution in [3.05, 3.63) is 60.2 Å². The molecule has 8 heteroatoms. The Morgan fingerprint density at radius 1 is 0.526 bits per heavy atom. The van der Waals surface area contributed by atoms with E-state index in [1.807, 2.05) is 0 Å². The highest BCUT2D eigenvalue weighted by Crippen LogP contribution is 2.31. The molecule has 0 fully saturated rings. The predicted molar refractivity (Wildman–Crippen MR) is 157 cm³/mol. The first-order chi connectivity index (χ1) is 18.6. The highest BCUT2D eigenvalue weighted by Gasteiger charge is 2.22. The van der Waals surface area contributed by atoms with Crippen LogP contribution >= 0.6 is 0 Å². The topological polar surface area (TPSA) is 58.4 Å². The summed E-state index contributed by atoms with van der Waals surface area (Å²) < 4.78 is 6.60. The van der Waals surface area contributed by atoms with E-state index in [1.165, 1.54) is 16.9 Å². The average molecular weight is 505 g/mol. The number of hydrogen-bond donors (Lipinski definition) is 0. The minimum absolute atomic E-state index is 0.824. The van der Waals surface area contributed by atoms with Gasteiger partial charge in [0, 0.05) is 37.6 Å². The fourth-order valence-electron chi connectivity index (χ4n) is 5.89. The van der Waals surface area contributed by atoms with Crippen molar-refractivity contribution in [1.82, 2.24) is 28.2 Å². The maximum atomic E-state index is 5.17. The molecule has 0 radical (unpaired) electrons. The zero-order valence-corrected chi connectivity index (χ0v) is 22.6. The molecule has 0 atom stereocenters. The van der Waals surface area contributed by atoms with Gasteiger partial charge in [0.2, 0.25) is 17.3 Å². The Balaban J connectivity index is 1.71. The van der Waals surface area contributed by atoms with Crippen LogP contribution in [0.2, 0.25) is 0 Å². The van der Waals surface area contributed by atoms with Crippen molar-refractivity contribution in [3.63, 3.8) is 0 Å². The molecule has 0 spiro atoms. The van der Waals surface area contributed by atoms with Gasteiger partial charge in [-0.25, -0.2) is 28.2 Å². The lowest BCUT2D eigenvalue weighted by Crippen LogP contribution is -2.21. The van der Waals surface area contributed by atoms with Crippen LogP contribution in [-0.2, 0) is 0 Å². The van der Waals surface area contributed by atoms with Gasteiger partial charge >= 0.3 is 0 Å². The third-order valence-electron chi connectivity index (χ3n) is 7.89. The summed E-state index contributed by atoms with van der Waals surface area (Å²) in [5.74, 6) is 2.48. The normalized spacial score (nSPS) is 12.2. The summed E-state index contributed by atoms with van der Waals surface area (Å²) in [6.45, 7) is 14.7. The van der Waals surface area contributed by atoms with E-state index in [0.29, 0.717) is 0 Å². The molecule has 0 aliphatic rings. The van der Waals surface area contributed by atoms with Crippen LogP contribution in [0.1, 0.15) is 33.3 Å². The van der Waals surface area contributed by atoms with Crippen molar-refractivity contribution < 1.29 is 0 Å². The minimum Gasteiger partial charge on any atom is -0.372 e. The SMILES string of the molecule is CCN(CC)c1ccc2nc3n4c5cc(C)ccc5nc4n4c5cc(N(CC)CC)ccc5nc4n3c2c1.